The SMILES string of the molecule is NC1(C(=O)NCCCn2cc(-c3ccc(OC(F)(F)F)cc3)c3cc(CN4CC5CN(Cc6c(Cl)cccc6Cl)CC5C4)ccc32)CCNCC1. The summed E-state index contributed by atoms with van der Waals surface area (Å²) in [5, 5.41) is 8.71. The topological polar surface area (TPSA) is 87.8 Å². The maximum absolute atomic E-state index is 12.8. The third-order valence-electron chi connectivity index (χ3n) is 10.6. The molecule has 0 spiro atoms. The van der Waals surface area contributed by atoms with Crippen LogP contribution in [0.3, 0.4) is 0 Å². The average molecular weight is 744 g/mol. The summed E-state index contributed by atoms with van der Waals surface area (Å²) in [4.78, 5) is 17.8. The number of aromatic nitrogens is 1. The Labute approximate surface area is 306 Å². The van der Waals surface area contributed by atoms with Gasteiger partial charge in [0.25, 0.3) is 0 Å². The standard InChI is InChI=1S/C38H43Cl2F3N6O2/c39-33-3-1-4-34(40)32(33)23-48-21-27-19-47(20-28(27)22-48)18-25-5-10-35-30(17-25)31(26-6-8-29(9-7-26)51-38(41,42)43)24-49(35)16-2-13-46-36(50)37(44)11-14-45-15-12-37/h1,3-10,17,24,27-28,45H,2,11-16,18-23,44H2,(H,46,50). The predicted octanol–water partition coefficient (Wildman–Crippen LogP) is 6.66. The fourth-order valence-electron chi connectivity index (χ4n) is 8.03. The third kappa shape index (κ3) is 8.34. The molecule has 4 heterocycles. The van der Waals surface area contributed by atoms with E-state index in [9.17, 15) is 18.0 Å². The van der Waals surface area contributed by atoms with E-state index in [4.69, 9.17) is 28.9 Å². The van der Waals surface area contributed by atoms with E-state index in [1.54, 1.807) is 12.1 Å². The van der Waals surface area contributed by atoms with E-state index in [-0.39, 0.29) is 11.7 Å². The number of ether oxygens (including phenoxy) is 1. The highest BCUT2D eigenvalue weighted by Gasteiger charge is 2.40. The van der Waals surface area contributed by atoms with E-state index >= 15 is 0 Å². The first-order chi connectivity index (χ1) is 24.4. The van der Waals surface area contributed by atoms with Crippen LogP contribution < -0.4 is 21.1 Å². The number of piperidine rings is 1. The quantitative estimate of drug-likeness (QED) is 0.149. The molecule has 8 nitrogen and oxygen atoms in total. The monoisotopic (exact) mass is 742 g/mol. The van der Waals surface area contributed by atoms with Crippen molar-refractivity contribution in [3.05, 3.63) is 88.0 Å². The Morgan fingerprint density at radius 2 is 1.59 bits per heavy atom. The van der Waals surface area contributed by atoms with Crippen molar-refractivity contribution in [3.63, 3.8) is 0 Å². The van der Waals surface area contributed by atoms with Crippen LogP contribution >= 0.6 is 23.2 Å². The smallest absolute Gasteiger partial charge is 0.406 e. The van der Waals surface area contributed by atoms with Crippen LogP contribution in [0.4, 0.5) is 13.2 Å². The first-order valence-electron chi connectivity index (χ1n) is 17.6. The number of nitrogens with zero attached hydrogens (tertiary/aromatic N) is 3. The highest BCUT2D eigenvalue weighted by molar-refractivity contribution is 6.36. The molecule has 0 saturated carbocycles. The Kier molecular flexibility index (Phi) is 10.6. The van der Waals surface area contributed by atoms with Gasteiger partial charge in [-0.25, -0.2) is 0 Å². The number of nitrogens with two attached hydrogens (primary N) is 1. The highest BCUT2D eigenvalue weighted by atomic mass is 35.5. The van der Waals surface area contributed by atoms with Crippen molar-refractivity contribution in [2.45, 2.75) is 50.8 Å². The molecule has 272 valence electrons. The van der Waals surface area contributed by atoms with Gasteiger partial charge < -0.3 is 25.7 Å². The van der Waals surface area contributed by atoms with Crippen LogP contribution in [0.5, 0.6) is 5.75 Å². The normalized spacial score (nSPS) is 20.9. The summed E-state index contributed by atoms with van der Waals surface area (Å²) >= 11 is 12.9. The van der Waals surface area contributed by atoms with Gasteiger partial charge in [-0.1, -0.05) is 47.5 Å². The second-order valence-corrected chi connectivity index (χ2v) is 15.1. The summed E-state index contributed by atoms with van der Waals surface area (Å²) in [6.07, 6.45) is -0.798. The summed E-state index contributed by atoms with van der Waals surface area (Å²) < 4.78 is 44.8. The number of carbonyl (C=O) groups is 1. The molecular weight excluding hydrogens is 700 g/mol. The van der Waals surface area contributed by atoms with Gasteiger partial charge in [0, 0.05) is 90.6 Å². The number of benzene rings is 3. The molecule has 2 unspecified atom stereocenters. The average Bonchev–Trinajstić information content (AvgIpc) is 3.76. The summed E-state index contributed by atoms with van der Waals surface area (Å²) in [7, 11) is 0. The van der Waals surface area contributed by atoms with Crippen molar-refractivity contribution in [1.82, 2.24) is 25.0 Å². The lowest BCUT2D eigenvalue weighted by Crippen LogP contribution is -2.59. The summed E-state index contributed by atoms with van der Waals surface area (Å²) in [5.74, 6) is 0.782. The van der Waals surface area contributed by atoms with Crippen molar-refractivity contribution in [2.24, 2.45) is 17.6 Å². The number of rotatable bonds is 11. The van der Waals surface area contributed by atoms with Crippen LogP contribution in [0.25, 0.3) is 22.0 Å². The molecule has 0 bridgehead atoms. The van der Waals surface area contributed by atoms with E-state index in [0.29, 0.717) is 54.2 Å². The number of nitrogens with one attached hydrogen (secondary N) is 2. The van der Waals surface area contributed by atoms with Gasteiger partial charge in [-0.05, 0) is 91.7 Å². The molecule has 7 rings (SSSR count). The Hall–Kier alpha value is -3.32. The van der Waals surface area contributed by atoms with Crippen LogP contribution in [0, 0.1) is 11.8 Å². The van der Waals surface area contributed by atoms with E-state index in [1.807, 2.05) is 24.4 Å². The van der Waals surface area contributed by atoms with E-state index < -0.39 is 11.9 Å². The van der Waals surface area contributed by atoms with Crippen molar-refractivity contribution >= 4 is 40.0 Å². The Balaban J connectivity index is 1.04. The lowest BCUT2D eigenvalue weighted by Gasteiger charge is -2.32. The van der Waals surface area contributed by atoms with Crippen LogP contribution in [-0.4, -0.2) is 78.0 Å². The zero-order chi connectivity index (χ0) is 35.8. The number of halogens is 5. The van der Waals surface area contributed by atoms with Gasteiger partial charge in [0.2, 0.25) is 5.91 Å². The Morgan fingerprint density at radius 1 is 0.941 bits per heavy atom. The molecule has 3 aliphatic heterocycles. The van der Waals surface area contributed by atoms with Gasteiger partial charge in [-0.3, -0.25) is 14.6 Å². The largest absolute Gasteiger partial charge is 0.573 e. The molecule has 1 aromatic heterocycles. The molecule has 13 heteroatoms. The number of amides is 1. The lowest BCUT2D eigenvalue weighted by atomic mass is 9.88. The fourth-order valence-corrected chi connectivity index (χ4v) is 8.55. The van der Waals surface area contributed by atoms with E-state index in [2.05, 4.69) is 47.9 Å². The number of fused-ring (bicyclic) bond motifs is 2. The molecule has 3 aliphatic rings. The Morgan fingerprint density at radius 3 is 2.24 bits per heavy atom. The molecule has 51 heavy (non-hydrogen) atoms. The predicted molar refractivity (Wildman–Crippen MR) is 195 cm³/mol. The van der Waals surface area contributed by atoms with Crippen LogP contribution in [0.1, 0.15) is 30.4 Å². The second-order valence-electron chi connectivity index (χ2n) is 14.3. The lowest BCUT2D eigenvalue weighted by molar-refractivity contribution is -0.274. The fraction of sp³-hybridized carbons (Fsp3) is 0.447. The number of hydrogen-bond donors (Lipinski definition) is 3. The minimum Gasteiger partial charge on any atom is -0.406 e. The van der Waals surface area contributed by atoms with Gasteiger partial charge in [-0.15, -0.1) is 13.2 Å². The van der Waals surface area contributed by atoms with Gasteiger partial charge in [0.05, 0.1) is 5.54 Å². The number of hydrogen-bond acceptors (Lipinski definition) is 6. The van der Waals surface area contributed by atoms with Crippen molar-refractivity contribution < 1.29 is 22.7 Å². The minimum absolute atomic E-state index is 0.114. The number of carbonyl (C=O) groups excluding carboxylic acids is 1. The summed E-state index contributed by atoms with van der Waals surface area (Å²) in [5.41, 5.74) is 10.5. The number of aryl methyl sites for hydroxylation is 1. The number of alkyl halides is 3. The molecule has 3 fully saturated rings. The zero-order valence-electron chi connectivity index (χ0n) is 28.3. The van der Waals surface area contributed by atoms with Crippen LogP contribution in [0.2, 0.25) is 10.0 Å². The van der Waals surface area contributed by atoms with Crippen LogP contribution in [-0.2, 0) is 24.4 Å². The highest BCUT2D eigenvalue weighted by Crippen LogP contribution is 2.37. The van der Waals surface area contributed by atoms with Crippen molar-refractivity contribution in [3.8, 4) is 16.9 Å². The maximum Gasteiger partial charge on any atom is 0.573 e. The molecule has 4 aromatic rings. The molecular formula is C38H43Cl2F3N6O2. The Bertz CT molecular complexity index is 1830. The number of likely N-dealkylation sites (tertiary alicyclic amines) is 2. The van der Waals surface area contributed by atoms with Crippen molar-refractivity contribution in [1.29, 1.82) is 0 Å². The van der Waals surface area contributed by atoms with Crippen LogP contribution in [0.15, 0.2) is 66.9 Å². The maximum atomic E-state index is 12.8. The molecule has 3 aromatic carbocycles. The molecule has 1 amide bonds. The van der Waals surface area contributed by atoms with Gasteiger partial charge in [0.15, 0.2) is 0 Å². The van der Waals surface area contributed by atoms with Gasteiger partial charge in [-0.2, -0.15) is 0 Å². The van der Waals surface area contributed by atoms with Crippen molar-refractivity contribution in [2.75, 3.05) is 45.8 Å². The molecule has 3 saturated heterocycles. The van der Waals surface area contributed by atoms with E-state index in [0.717, 1.165) is 80.0 Å². The van der Waals surface area contributed by atoms with Gasteiger partial charge in [0.1, 0.15) is 5.75 Å². The summed E-state index contributed by atoms with van der Waals surface area (Å²) in [6, 6.07) is 18.2. The third-order valence-corrected chi connectivity index (χ3v) is 11.3. The first-order valence-corrected chi connectivity index (χ1v) is 18.3. The van der Waals surface area contributed by atoms with E-state index in [1.165, 1.54) is 17.7 Å². The molecule has 4 N–H and O–H groups in total. The van der Waals surface area contributed by atoms with Gasteiger partial charge >= 0.3 is 6.36 Å². The first kappa shape index (κ1) is 36.1. The molecule has 0 radical (unpaired) electrons. The minimum atomic E-state index is -4.75. The molecule has 2 atom stereocenters. The zero-order valence-corrected chi connectivity index (χ0v) is 29.8. The molecule has 0 aliphatic carbocycles. The second kappa shape index (κ2) is 15.0. The summed E-state index contributed by atoms with van der Waals surface area (Å²) in [6.45, 7) is 8.19.